The van der Waals surface area contributed by atoms with Crippen molar-refractivity contribution in [3.05, 3.63) is 18.2 Å². The van der Waals surface area contributed by atoms with E-state index in [0.29, 0.717) is 5.69 Å². The molecule has 4 unspecified atom stereocenters. The molecule has 0 saturated carbocycles. The number of carbonyl (C=O) groups excluding carboxylic acids is 3. The number of hydrogen-bond acceptors (Lipinski definition) is 8. The number of nitrogens with two attached hydrogens (primary N) is 1. The average Bonchev–Trinajstić information content (AvgIpc) is 3.27. The minimum Gasteiger partial charge on any atom is -0.481 e. The topological polar surface area (TPSA) is 254 Å². The molecule has 1 aromatic heterocycles. The molecule has 0 spiro atoms. The quantitative estimate of drug-likeness (QED) is 0.123. The standard InChI is InChI=1S/C21H32N6O9/c1-10(2)5-15(21(35)36)27-19(33)13(3-4-16(28)29)25-20(34)14(7-17(30)31)26-18(32)12(22)6-11-8-23-9-24-11/h8-10,12-15H,3-7,22H2,1-2H3,(H,23,24)(H,25,34)(H,26,32)(H,27,33)(H,28,29)(H,30,31)(H,35,36). The van der Waals surface area contributed by atoms with Gasteiger partial charge in [-0.3, -0.25) is 24.0 Å². The molecule has 1 rings (SSSR count). The van der Waals surface area contributed by atoms with E-state index in [-0.39, 0.29) is 18.8 Å². The second-order valence-electron chi connectivity index (χ2n) is 8.57. The third-order valence-corrected chi connectivity index (χ3v) is 4.94. The maximum absolute atomic E-state index is 12.8. The molecule has 0 radical (unpaired) electrons. The lowest BCUT2D eigenvalue weighted by molar-refractivity contribution is -0.144. The first-order chi connectivity index (χ1) is 16.8. The Morgan fingerprint density at radius 3 is 2.00 bits per heavy atom. The third kappa shape index (κ3) is 10.9. The molecule has 0 aliphatic rings. The molecule has 0 saturated heterocycles. The van der Waals surface area contributed by atoms with Gasteiger partial charge < -0.3 is 42.0 Å². The molecule has 0 bridgehead atoms. The number of aromatic amines is 1. The Hall–Kier alpha value is -4.01. The van der Waals surface area contributed by atoms with E-state index in [1.54, 1.807) is 13.8 Å². The number of aromatic nitrogens is 2. The number of hydrogen-bond donors (Lipinski definition) is 8. The molecule has 0 aliphatic carbocycles. The fourth-order valence-electron chi connectivity index (χ4n) is 3.16. The number of carboxylic acids is 3. The highest BCUT2D eigenvalue weighted by Gasteiger charge is 2.32. The van der Waals surface area contributed by atoms with Crippen LogP contribution in [0.25, 0.3) is 0 Å². The summed E-state index contributed by atoms with van der Waals surface area (Å²) in [6.45, 7) is 3.48. The fraction of sp³-hybridized carbons (Fsp3) is 0.571. The maximum Gasteiger partial charge on any atom is 0.326 e. The summed E-state index contributed by atoms with van der Waals surface area (Å²) in [6, 6.07) is -5.60. The largest absolute Gasteiger partial charge is 0.481 e. The molecule has 200 valence electrons. The first-order valence-electron chi connectivity index (χ1n) is 11.1. The van der Waals surface area contributed by atoms with E-state index in [1.165, 1.54) is 12.5 Å². The third-order valence-electron chi connectivity index (χ3n) is 4.94. The monoisotopic (exact) mass is 512 g/mol. The number of amides is 3. The molecule has 1 aromatic rings. The highest BCUT2D eigenvalue weighted by Crippen LogP contribution is 2.08. The van der Waals surface area contributed by atoms with Gasteiger partial charge >= 0.3 is 17.9 Å². The van der Waals surface area contributed by atoms with Crippen molar-refractivity contribution < 1.29 is 44.1 Å². The van der Waals surface area contributed by atoms with Crippen LogP contribution in [0.1, 0.15) is 45.2 Å². The van der Waals surface area contributed by atoms with E-state index in [4.69, 9.17) is 10.8 Å². The van der Waals surface area contributed by atoms with Gasteiger partial charge in [0.05, 0.1) is 18.8 Å². The van der Waals surface area contributed by atoms with Crippen molar-refractivity contribution in [1.29, 1.82) is 0 Å². The van der Waals surface area contributed by atoms with Crippen LogP contribution in [-0.4, -0.2) is 85.1 Å². The van der Waals surface area contributed by atoms with Crippen molar-refractivity contribution >= 4 is 35.6 Å². The van der Waals surface area contributed by atoms with Gasteiger partial charge in [-0.05, 0) is 18.8 Å². The normalized spacial score (nSPS) is 14.2. The molecule has 9 N–H and O–H groups in total. The highest BCUT2D eigenvalue weighted by atomic mass is 16.4. The van der Waals surface area contributed by atoms with Crippen LogP contribution in [0, 0.1) is 5.92 Å². The molecule has 15 nitrogen and oxygen atoms in total. The summed E-state index contributed by atoms with van der Waals surface area (Å²) in [6.07, 6.45) is 1.09. The average molecular weight is 513 g/mol. The lowest BCUT2D eigenvalue weighted by Gasteiger charge is -2.25. The number of carbonyl (C=O) groups is 6. The summed E-state index contributed by atoms with van der Waals surface area (Å²) < 4.78 is 0. The van der Waals surface area contributed by atoms with Crippen LogP contribution in [0.4, 0.5) is 0 Å². The highest BCUT2D eigenvalue weighted by molar-refractivity contribution is 5.95. The smallest absolute Gasteiger partial charge is 0.326 e. The van der Waals surface area contributed by atoms with Gasteiger partial charge in [0.1, 0.15) is 18.1 Å². The van der Waals surface area contributed by atoms with Gasteiger partial charge in [-0.1, -0.05) is 13.8 Å². The molecule has 3 amide bonds. The number of imidazole rings is 1. The van der Waals surface area contributed by atoms with E-state index in [1.807, 2.05) is 0 Å². The number of nitrogens with one attached hydrogen (secondary N) is 4. The molecule has 1 heterocycles. The minimum atomic E-state index is -1.64. The molecule has 0 aliphatic heterocycles. The van der Waals surface area contributed by atoms with E-state index in [0.717, 1.165) is 0 Å². The van der Waals surface area contributed by atoms with Crippen LogP contribution >= 0.6 is 0 Å². The number of aliphatic carboxylic acids is 3. The van der Waals surface area contributed by atoms with E-state index >= 15 is 0 Å². The fourth-order valence-corrected chi connectivity index (χ4v) is 3.16. The first kappa shape index (κ1) is 30.0. The van der Waals surface area contributed by atoms with Gasteiger partial charge in [0.15, 0.2) is 0 Å². The summed E-state index contributed by atoms with van der Waals surface area (Å²) >= 11 is 0. The molecule has 36 heavy (non-hydrogen) atoms. The Bertz CT molecular complexity index is 934. The van der Waals surface area contributed by atoms with Gasteiger partial charge in [0.2, 0.25) is 17.7 Å². The second-order valence-corrected chi connectivity index (χ2v) is 8.57. The zero-order valence-electron chi connectivity index (χ0n) is 19.9. The Balaban J connectivity index is 2.99. The molecule has 15 heteroatoms. The van der Waals surface area contributed by atoms with Crippen molar-refractivity contribution in [2.45, 2.75) is 70.1 Å². The number of nitrogens with zero attached hydrogens (tertiary/aromatic N) is 1. The number of H-pyrrole nitrogens is 1. The van der Waals surface area contributed by atoms with E-state index in [9.17, 15) is 39.0 Å². The minimum absolute atomic E-state index is 0.0172. The zero-order chi connectivity index (χ0) is 27.4. The molecule has 0 aromatic carbocycles. The van der Waals surface area contributed by atoms with E-state index in [2.05, 4.69) is 25.9 Å². The maximum atomic E-state index is 12.8. The SMILES string of the molecule is CC(C)CC(NC(=O)C(CCC(=O)O)NC(=O)C(CC(=O)O)NC(=O)C(N)Cc1cnc[nH]1)C(=O)O. The Morgan fingerprint density at radius 2 is 1.50 bits per heavy atom. The van der Waals surface area contributed by atoms with Gasteiger partial charge in [-0.2, -0.15) is 0 Å². The zero-order valence-corrected chi connectivity index (χ0v) is 19.9. The lowest BCUT2D eigenvalue weighted by Crippen LogP contribution is -2.57. The molecular formula is C21H32N6O9. The van der Waals surface area contributed by atoms with Gasteiger partial charge in [0.25, 0.3) is 0 Å². The van der Waals surface area contributed by atoms with Gasteiger partial charge in [-0.15, -0.1) is 0 Å². The summed E-state index contributed by atoms with van der Waals surface area (Å²) in [5, 5.41) is 34.2. The molecular weight excluding hydrogens is 480 g/mol. The second kappa shape index (κ2) is 14.4. The summed E-state index contributed by atoms with van der Waals surface area (Å²) in [4.78, 5) is 78.3. The summed E-state index contributed by atoms with van der Waals surface area (Å²) in [5.41, 5.74) is 6.34. The first-order valence-corrected chi connectivity index (χ1v) is 11.1. The Kier molecular flexibility index (Phi) is 12.0. The summed E-state index contributed by atoms with van der Waals surface area (Å²) in [7, 11) is 0. The van der Waals surface area contributed by atoms with Gasteiger partial charge in [-0.25, -0.2) is 9.78 Å². The van der Waals surface area contributed by atoms with Crippen LogP contribution in [0.5, 0.6) is 0 Å². The predicted octanol–water partition coefficient (Wildman–Crippen LogP) is -1.80. The van der Waals surface area contributed by atoms with E-state index < -0.39 is 79.1 Å². The van der Waals surface area contributed by atoms with Crippen LogP contribution < -0.4 is 21.7 Å². The van der Waals surface area contributed by atoms with Crippen molar-refractivity contribution in [1.82, 2.24) is 25.9 Å². The summed E-state index contributed by atoms with van der Waals surface area (Å²) in [5.74, 6) is -7.02. The van der Waals surface area contributed by atoms with Crippen molar-refractivity contribution in [2.75, 3.05) is 0 Å². The molecule has 4 atom stereocenters. The van der Waals surface area contributed by atoms with Crippen LogP contribution in [-0.2, 0) is 35.2 Å². The lowest BCUT2D eigenvalue weighted by atomic mass is 10.0. The van der Waals surface area contributed by atoms with Crippen LogP contribution in [0.3, 0.4) is 0 Å². The van der Waals surface area contributed by atoms with Crippen molar-refractivity contribution in [2.24, 2.45) is 11.7 Å². The predicted molar refractivity (Wildman–Crippen MR) is 122 cm³/mol. The van der Waals surface area contributed by atoms with Gasteiger partial charge in [0, 0.05) is 24.7 Å². The Morgan fingerprint density at radius 1 is 0.917 bits per heavy atom. The van der Waals surface area contributed by atoms with Crippen molar-refractivity contribution in [3.8, 4) is 0 Å². The number of carboxylic acid groups (broad SMARTS) is 3. The van der Waals surface area contributed by atoms with Crippen LogP contribution in [0.15, 0.2) is 12.5 Å². The number of rotatable bonds is 16. The van der Waals surface area contributed by atoms with Crippen molar-refractivity contribution in [3.63, 3.8) is 0 Å². The van der Waals surface area contributed by atoms with Crippen LogP contribution in [0.2, 0.25) is 0 Å². The molecule has 0 fully saturated rings. The Labute approximate surface area is 206 Å².